The lowest BCUT2D eigenvalue weighted by molar-refractivity contribution is -0.119. The number of azo groups is 1. The number of aryl methyl sites for hydroxylation is 1. The maximum absolute atomic E-state index is 12.9. The van der Waals surface area contributed by atoms with E-state index in [4.69, 9.17) is 0 Å². The average Bonchev–Trinajstić information content (AvgIpc) is 2.68. The Labute approximate surface area is 130 Å². The number of pyridine rings is 1. The summed E-state index contributed by atoms with van der Waals surface area (Å²) in [6.07, 6.45) is 7.42. The number of hydrogen-bond acceptors (Lipinski definition) is 5. The summed E-state index contributed by atoms with van der Waals surface area (Å²) in [4.78, 5) is 17.2. The highest BCUT2D eigenvalue weighted by atomic mass is 16.2. The first kappa shape index (κ1) is 13.8. The SMILES string of the molecule is Cc1ccnc(N2NC34CCCCCC3CN=NC4C2=O)c1. The number of anilines is 1. The van der Waals surface area contributed by atoms with Crippen molar-refractivity contribution in [2.45, 2.75) is 50.6 Å². The van der Waals surface area contributed by atoms with Crippen molar-refractivity contribution in [1.29, 1.82) is 0 Å². The zero-order chi connectivity index (χ0) is 15.2. The standard InChI is InChI=1S/C16H21N5O/c1-11-6-8-17-13(9-11)21-15(22)14-16(20-21)7-4-2-3-5-12(16)10-18-19-14/h6,8-9,12,14,20H,2-5,7,10H2,1H3. The van der Waals surface area contributed by atoms with Crippen molar-refractivity contribution in [2.75, 3.05) is 11.6 Å². The molecule has 3 aliphatic rings. The number of nitrogens with one attached hydrogen (secondary N) is 1. The molecule has 3 atom stereocenters. The van der Waals surface area contributed by atoms with Crippen LogP contribution in [-0.2, 0) is 4.79 Å². The zero-order valence-electron chi connectivity index (χ0n) is 12.8. The minimum atomic E-state index is -0.397. The molecule has 116 valence electrons. The topological polar surface area (TPSA) is 70.0 Å². The van der Waals surface area contributed by atoms with Crippen LogP contribution < -0.4 is 10.4 Å². The first-order chi connectivity index (χ1) is 10.7. The van der Waals surface area contributed by atoms with E-state index >= 15 is 0 Å². The second-order valence-corrected chi connectivity index (χ2v) is 6.66. The zero-order valence-corrected chi connectivity index (χ0v) is 12.8. The van der Waals surface area contributed by atoms with E-state index in [2.05, 4.69) is 20.6 Å². The predicted molar refractivity (Wildman–Crippen MR) is 82.4 cm³/mol. The van der Waals surface area contributed by atoms with Gasteiger partial charge in [-0.2, -0.15) is 10.2 Å². The largest absolute Gasteiger partial charge is 0.271 e. The Morgan fingerprint density at radius 3 is 3.14 bits per heavy atom. The molecule has 1 spiro atoms. The lowest BCUT2D eigenvalue weighted by atomic mass is 9.75. The molecule has 1 saturated carbocycles. The summed E-state index contributed by atoms with van der Waals surface area (Å²) >= 11 is 0. The fourth-order valence-electron chi connectivity index (χ4n) is 4.07. The highest BCUT2D eigenvalue weighted by molar-refractivity contribution is 5.99. The molecule has 0 aromatic carbocycles. The number of hydrazine groups is 1. The molecule has 1 N–H and O–H groups in total. The van der Waals surface area contributed by atoms with Crippen LogP contribution in [-0.4, -0.2) is 29.0 Å². The van der Waals surface area contributed by atoms with E-state index in [1.165, 1.54) is 12.8 Å². The van der Waals surface area contributed by atoms with Gasteiger partial charge in [0.1, 0.15) is 5.82 Å². The quantitative estimate of drug-likeness (QED) is 0.865. The van der Waals surface area contributed by atoms with Crippen molar-refractivity contribution in [1.82, 2.24) is 10.4 Å². The lowest BCUT2D eigenvalue weighted by Crippen LogP contribution is -2.57. The van der Waals surface area contributed by atoms with Crippen LogP contribution >= 0.6 is 0 Å². The van der Waals surface area contributed by atoms with E-state index < -0.39 is 6.04 Å². The molecule has 6 heteroatoms. The molecule has 6 nitrogen and oxygen atoms in total. The van der Waals surface area contributed by atoms with Crippen molar-refractivity contribution in [3.8, 4) is 0 Å². The first-order valence-electron chi connectivity index (χ1n) is 8.12. The van der Waals surface area contributed by atoms with E-state index in [9.17, 15) is 4.79 Å². The van der Waals surface area contributed by atoms with Crippen molar-refractivity contribution in [3.63, 3.8) is 0 Å². The van der Waals surface area contributed by atoms with Crippen LogP contribution in [0.4, 0.5) is 5.82 Å². The molecule has 1 aliphatic carbocycles. The van der Waals surface area contributed by atoms with Crippen LogP contribution in [0.3, 0.4) is 0 Å². The molecular weight excluding hydrogens is 278 g/mol. The summed E-state index contributed by atoms with van der Waals surface area (Å²) in [5.74, 6) is 1.02. The number of aromatic nitrogens is 1. The minimum absolute atomic E-state index is 0.0200. The Bertz CT molecular complexity index is 631. The van der Waals surface area contributed by atoms with Gasteiger partial charge in [0, 0.05) is 12.1 Å². The summed E-state index contributed by atoms with van der Waals surface area (Å²) < 4.78 is 0. The summed E-state index contributed by atoms with van der Waals surface area (Å²) in [5.41, 5.74) is 4.33. The highest BCUT2D eigenvalue weighted by Crippen LogP contribution is 2.43. The first-order valence-corrected chi connectivity index (χ1v) is 8.12. The third-order valence-corrected chi connectivity index (χ3v) is 5.26. The van der Waals surface area contributed by atoms with E-state index in [0.717, 1.165) is 31.4 Å². The number of rotatable bonds is 1. The van der Waals surface area contributed by atoms with Gasteiger partial charge < -0.3 is 0 Å². The van der Waals surface area contributed by atoms with Crippen LogP contribution in [0.25, 0.3) is 0 Å². The van der Waals surface area contributed by atoms with Crippen molar-refractivity contribution in [2.24, 2.45) is 16.1 Å². The molecule has 22 heavy (non-hydrogen) atoms. The Morgan fingerprint density at radius 2 is 2.27 bits per heavy atom. The van der Waals surface area contributed by atoms with Gasteiger partial charge in [-0.3, -0.25) is 4.79 Å². The van der Waals surface area contributed by atoms with Gasteiger partial charge in [-0.05, 0) is 37.5 Å². The summed E-state index contributed by atoms with van der Waals surface area (Å²) in [7, 11) is 0. The van der Waals surface area contributed by atoms with Crippen molar-refractivity contribution in [3.05, 3.63) is 23.9 Å². The third kappa shape index (κ3) is 1.97. The van der Waals surface area contributed by atoms with Crippen LogP contribution in [0.5, 0.6) is 0 Å². The third-order valence-electron chi connectivity index (χ3n) is 5.26. The van der Waals surface area contributed by atoms with Gasteiger partial charge in [-0.1, -0.05) is 19.3 Å². The Hall–Kier alpha value is -1.82. The van der Waals surface area contributed by atoms with E-state index in [1.54, 1.807) is 11.2 Å². The van der Waals surface area contributed by atoms with Gasteiger partial charge in [-0.15, -0.1) is 0 Å². The van der Waals surface area contributed by atoms with Crippen LogP contribution in [0.15, 0.2) is 28.6 Å². The van der Waals surface area contributed by atoms with Gasteiger partial charge in [0.2, 0.25) is 0 Å². The van der Waals surface area contributed by atoms with Crippen LogP contribution in [0.2, 0.25) is 0 Å². The van der Waals surface area contributed by atoms with Crippen molar-refractivity contribution < 1.29 is 4.79 Å². The minimum Gasteiger partial charge on any atom is -0.270 e. The molecule has 1 saturated heterocycles. The molecule has 2 fully saturated rings. The molecule has 2 aliphatic heterocycles. The van der Waals surface area contributed by atoms with Crippen LogP contribution in [0, 0.1) is 12.8 Å². The monoisotopic (exact) mass is 299 g/mol. The summed E-state index contributed by atoms with van der Waals surface area (Å²) in [6.45, 7) is 2.73. The molecule has 4 rings (SSSR count). The second-order valence-electron chi connectivity index (χ2n) is 6.66. The number of amides is 1. The Balaban J connectivity index is 1.74. The number of carbonyl (C=O) groups excluding carboxylic acids is 1. The molecular formula is C16H21N5O. The highest BCUT2D eigenvalue weighted by Gasteiger charge is 2.58. The van der Waals surface area contributed by atoms with Crippen molar-refractivity contribution >= 4 is 11.7 Å². The van der Waals surface area contributed by atoms with Crippen LogP contribution in [0.1, 0.15) is 37.7 Å². The number of carbonyl (C=O) groups is 1. The lowest BCUT2D eigenvalue weighted by Gasteiger charge is -2.39. The molecule has 1 aromatic heterocycles. The average molecular weight is 299 g/mol. The molecule has 0 bridgehead atoms. The number of nitrogens with zero attached hydrogens (tertiary/aromatic N) is 4. The molecule has 0 radical (unpaired) electrons. The Kier molecular flexibility index (Phi) is 3.22. The predicted octanol–water partition coefficient (Wildman–Crippen LogP) is 2.39. The number of hydrogen-bond donors (Lipinski definition) is 1. The normalized spacial score (nSPS) is 34.2. The second kappa shape index (κ2) is 5.12. The Morgan fingerprint density at radius 1 is 1.36 bits per heavy atom. The van der Waals surface area contributed by atoms with Gasteiger partial charge >= 0.3 is 0 Å². The van der Waals surface area contributed by atoms with E-state index in [0.29, 0.717) is 11.7 Å². The maximum atomic E-state index is 12.9. The molecule has 3 unspecified atom stereocenters. The molecule has 3 heterocycles. The van der Waals surface area contributed by atoms with Gasteiger partial charge in [-0.25, -0.2) is 15.4 Å². The summed E-state index contributed by atoms with van der Waals surface area (Å²) in [5, 5.41) is 10.2. The van der Waals surface area contributed by atoms with Gasteiger partial charge in [0.05, 0.1) is 12.1 Å². The van der Waals surface area contributed by atoms with E-state index in [-0.39, 0.29) is 11.4 Å². The molecule has 1 aromatic rings. The van der Waals surface area contributed by atoms with E-state index in [1.807, 2.05) is 19.1 Å². The fraction of sp³-hybridized carbons (Fsp3) is 0.625. The van der Waals surface area contributed by atoms with Gasteiger partial charge in [0.25, 0.3) is 5.91 Å². The van der Waals surface area contributed by atoms with Gasteiger partial charge in [0.15, 0.2) is 6.04 Å². The smallest absolute Gasteiger partial charge is 0.270 e. The molecule has 1 amide bonds. The fourth-order valence-corrected chi connectivity index (χ4v) is 4.07. The maximum Gasteiger partial charge on any atom is 0.271 e. The summed E-state index contributed by atoms with van der Waals surface area (Å²) in [6, 6.07) is 3.47.